The van der Waals surface area contributed by atoms with Crippen molar-refractivity contribution in [2.45, 2.75) is 0 Å². The highest BCUT2D eigenvalue weighted by molar-refractivity contribution is 6.26. The van der Waals surface area contributed by atoms with E-state index in [4.69, 9.17) is 0 Å². The van der Waals surface area contributed by atoms with Gasteiger partial charge in [-0.2, -0.15) is 0 Å². The van der Waals surface area contributed by atoms with Crippen LogP contribution in [0.2, 0.25) is 0 Å². The largest absolute Gasteiger partial charge is 0.0616 e. The van der Waals surface area contributed by atoms with E-state index in [-0.39, 0.29) is 0 Å². The van der Waals surface area contributed by atoms with E-state index >= 15 is 0 Å². The first-order valence-electron chi connectivity index (χ1n) is 18.8. The highest BCUT2D eigenvalue weighted by Gasteiger charge is 2.17. The van der Waals surface area contributed by atoms with Crippen molar-refractivity contribution < 1.29 is 0 Å². The van der Waals surface area contributed by atoms with Crippen LogP contribution in [-0.2, 0) is 0 Å². The third-order valence-electron chi connectivity index (χ3n) is 11.4. The second-order valence-electron chi connectivity index (χ2n) is 14.4. The smallest absolute Gasteiger partial charge is 0.00264 e. The molecule has 0 bridgehead atoms. The Kier molecular flexibility index (Phi) is 6.97. The van der Waals surface area contributed by atoms with Crippen molar-refractivity contribution >= 4 is 64.6 Å². The van der Waals surface area contributed by atoms with E-state index < -0.39 is 0 Å². The van der Waals surface area contributed by atoms with Crippen LogP contribution < -0.4 is 0 Å². The molecular weight excluding hydrogens is 649 g/mol. The van der Waals surface area contributed by atoms with Crippen molar-refractivity contribution in [3.05, 3.63) is 206 Å². The van der Waals surface area contributed by atoms with Crippen LogP contribution in [0.5, 0.6) is 0 Å². The molecule has 0 aliphatic heterocycles. The quantitative estimate of drug-likeness (QED) is 0.128. The van der Waals surface area contributed by atoms with Gasteiger partial charge in [-0.1, -0.05) is 194 Å². The molecule has 0 N–H and O–H groups in total. The third kappa shape index (κ3) is 4.85. The first-order valence-corrected chi connectivity index (χ1v) is 18.8. The Labute approximate surface area is 314 Å². The average molecular weight is 683 g/mol. The van der Waals surface area contributed by atoms with E-state index in [1.807, 2.05) is 0 Å². The fraction of sp³-hybridized carbons (Fsp3) is 0. The molecule has 0 unspecified atom stereocenters. The lowest BCUT2D eigenvalue weighted by Gasteiger charge is -2.18. The summed E-state index contributed by atoms with van der Waals surface area (Å²) >= 11 is 0. The minimum atomic E-state index is 1.22. The predicted molar refractivity (Wildman–Crippen MR) is 233 cm³/mol. The van der Waals surface area contributed by atoms with Gasteiger partial charge in [0.2, 0.25) is 0 Å². The molecule has 11 aromatic carbocycles. The van der Waals surface area contributed by atoms with Gasteiger partial charge in [-0.05, 0) is 121 Å². The lowest BCUT2D eigenvalue weighted by atomic mass is 9.85. The average Bonchev–Trinajstić information content (AvgIpc) is 3.25. The van der Waals surface area contributed by atoms with Gasteiger partial charge < -0.3 is 0 Å². The summed E-state index contributed by atoms with van der Waals surface area (Å²) in [7, 11) is 0. The molecule has 11 rings (SSSR count). The number of benzene rings is 11. The third-order valence-corrected chi connectivity index (χ3v) is 11.4. The maximum atomic E-state index is 2.38. The summed E-state index contributed by atoms with van der Waals surface area (Å²) in [5.41, 5.74) is 9.92. The molecule has 0 heterocycles. The van der Waals surface area contributed by atoms with Crippen LogP contribution in [0.15, 0.2) is 206 Å². The van der Waals surface area contributed by atoms with Crippen LogP contribution in [0, 0.1) is 0 Å². The maximum Gasteiger partial charge on any atom is -0.00264 e. The van der Waals surface area contributed by atoms with Crippen molar-refractivity contribution in [2.75, 3.05) is 0 Å². The molecule has 54 heavy (non-hydrogen) atoms. The summed E-state index contributed by atoms with van der Waals surface area (Å²) < 4.78 is 0. The lowest BCUT2D eigenvalue weighted by Crippen LogP contribution is -1.91. The Hall–Kier alpha value is -7.02. The lowest BCUT2D eigenvalue weighted by molar-refractivity contribution is 1.62. The summed E-state index contributed by atoms with van der Waals surface area (Å²) in [6, 6.07) is 76.0. The van der Waals surface area contributed by atoms with E-state index in [9.17, 15) is 0 Å². The first-order chi connectivity index (χ1) is 26.8. The molecule has 0 radical (unpaired) electrons. The summed E-state index contributed by atoms with van der Waals surface area (Å²) in [6.07, 6.45) is 0. The molecule has 0 nitrogen and oxygen atoms in total. The summed E-state index contributed by atoms with van der Waals surface area (Å²) in [5, 5.41) is 15.4. The predicted octanol–water partition coefficient (Wildman–Crippen LogP) is 15.3. The molecule has 250 valence electrons. The van der Waals surface area contributed by atoms with Gasteiger partial charge in [0.1, 0.15) is 0 Å². The molecule has 0 atom stereocenters. The van der Waals surface area contributed by atoms with Gasteiger partial charge in [-0.25, -0.2) is 0 Å². The van der Waals surface area contributed by atoms with Gasteiger partial charge in [-0.3, -0.25) is 0 Å². The van der Waals surface area contributed by atoms with E-state index in [1.54, 1.807) is 0 Å². The van der Waals surface area contributed by atoms with Crippen LogP contribution in [0.4, 0.5) is 0 Å². The molecule has 0 amide bonds. The standard InChI is InChI=1S/C54H34/c1-2-12-40-33-41(30-25-35(40)11-1)36-21-26-38(27-22-36)53-48-17-7-9-19-50(48)54(51-20-10-8-18-49(51)53)39-28-23-37(24-29-39)42-31-32-47-45-15-4-3-13-43(45)44-14-5-6-16-46(44)52(47)34-42/h1-34H. The molecule has 0 spiro atoms. The summed E-state index contributed by atoms with van der Waals surface area (Å²) in [4.78, 5) is 0. The van der Waals surface area contributed by atoms with Crippen molar-refractivity contribution in [2.24, 2.45) is 0 Å². The zero-order valence-corrected chi connectivity index (χ0v) is 29.6. The van der Waals surface area contributed by atoms with Crippen LogP contribution in [0.3, 0.4) is 0 Å². The zero-order valence-electron chi connectivity index (χ0n) is 29.6. The van der Waals surface area contributed by atoms with E-state index in [1.165, 1.54) is 109 Å². The Bertz CT molecular complexity index is 3150. The minimum Gasteiger partial charge on any atom is -0.0616 e. The first kappa shape index (κ1) is 30.6. The van der Waals surface area contributed by atoms with Crippen molar-refractivity contribution in [3.8, 4) is 44.5 Å². The molecule has 0 saturated carbocycles. The molecule has 0 saturated heterocycles. The van der Waals surface area contributed by atoms with Gasteiger partial charge in [-0.15, -0.1) is 0 Å². The van der Waals surface area contributed by atoms with Crippen molar-refractivity contribution in [3.63, 3.8) is 0 Å². The highest BCUT2D eigenvalue weighted by atomic mass is 14.2. The maximum absolute atomic E-state index is 2.38. The van der Waals surface area contributed by atoms with E-state index in [0.717, 1.165) is 0 Å². The van der Waals surface area contributed by atoms with Gasteiger partial charge in [0.05, 0.1) is 0 Å². The van der Waals surface area contributed by atoms with Gasteiger partial charge in [0.15, 0.2) is 0 Å². The fourth-order valence-electron chi connectivity index (χ4n) is 8.87. The molecule has 11 aromatic rings. The Morgan fingerprint density at radius 3 is 0.963 bits per heavy atom. The Balaban J connectivity index is 1.02. The van der Waals surface area contributed by atoms with Crippen LogP contribution in [0.25, 0.3) is 109 Å². The second-order valence-corrected chi connectivity index (χ2v) is 14.4. The van der Waals surface area contributed by atoms with Gasteiger partial charge in [0, 0.05) is 0 Å². The molecular formula is C54H34. The summed E-state index contributed by atoms with van der Waals surface area (Å²) in [5.74, 6) is 0. The molecule has 0 aromatic heterocycles. The number of fused-ring (bicyclic) bond motifs is 9. The monoisotopic (exact) mass is 682 g/mol. The summed E-state index contributed by atoms with van der Waals surface area (Å²) in [6.45, 7) is 0. The van der Waals surface area contributed by atoms with E-state index in [2.05, 4.69) is 206 Å². The Morgan fingerprint density at radius 1 is 0.167 bits per heavy atom. The SMILES string of the molecule is c1ccc2cc(-c3ccc(-c4c5ccccc5c(-c5ccc(-c6ccc7c8ccccc8c8ccccc8c7c6)cc5)c5ccccc45)cc3)ccc2c1. The molecule has 0 fully saturated rings. The normalized spacial score (nSPS) is 11.7. The molecule has 0 heteroatoms. The molecule has 0 aliphatic rings. The Morgan fingerprint density at radius 2 is 0.481 bits per heavy atom. The second kappa shape index (κ2) is 12.3. The fourth-order valence-corrected chi connectivity index (χ4v) is 8.87. The topological polar surface area (TPSA) is 0 Å². The zero-order chi connectivity index (χ0) is 35.6. The van der Waals surface area contributed by atoms with Crippen molar-refractivity contribution in [1.82, 2.24) is 0 Å². The van der Waals surface area contributed by atoms with Gasteiger partial charge in [0.25, 0.3) is 0 Å². The minimum absolute atomic E-state index is 1.22. The van der Waals surface area contributed by atoms with Crippen molar-refractivity contribution in [1.29, 1.82) is 0 Å². The highest BCUT2D eigenvalue weighted by Crippen LogP contribution is 2.44. The van der Waals surface area contributed by atoms with Gasteiger partial charge >= 0.3 is 0 Å². The van der Waals surface area contributed by atoms with E-state index in [0.29, 0.717) is 0 Å². The number of hydrogen-bond donors (Lipinski definition) is 0. The van der Waals surface area contributed by atoms with Crippen LogP contribution in [-0.4, -0.2) is 0 Å². The van der Waals surface area contributed by atoms with Crippen LogP contribution in [0.1, 0.15) is 0 Å². The molecule has 0 aliphatic carbocycles. The van der Waals surface area contributed by atoms with Crippen LogP contribution >= 0.6 is 0 Å². The number of rotatable bonds is 4. The number of hydrogen-bond acceptors (Lipinski definition) is 0.